The summed E-state index contributed by atoms with van der Waals surface area (Å²) < 4.78 is 0. The van der Waals surface area contributed by atoms with Gasteiger partial charge < -0.3 is 16.4 Å². The molecule has 0 unspecified atom stereocenters. The molecule has 1 aliphatic heterocycles. The average Bonchev–Trinajstić information content (AvgIpc) is 2.92. The van der Waals surface area contributed by atoms with Gasteiger partial charge in [-0.05, 0) is 23.6 Å². The number of carbonyl (C=O) groups excluding carboxylic acids is 4. The zero-order valence-electron chi connectivity index (χ0n) is 15.1. The van der Waals surface area contributed by atoms with Crippen LogP contribution >= 0.6 is 24.2 Å². The lowest BCUT2D eigenvalue weighted by Gasteiger charge is -2.15. The second-order valence-electron chi connectivity index (χ2n) is 6.27. The number of nitrogens with zero attached hydrogens (tertiary/aromatic N) is 1. The van der Waals surface area contributed by atoms with E-state index in [-0.39, 0.29) is 60.1 Å². The summed E-state index contributed by atoms with van der Waals surface area (Å²) in [5.41, 5.74) is 7.04. The predicted molar refractivity (Wildman–Crippen MR) is 107 cm³/mol. The van der Waals surface area contributed by atoms with Crippen molar-refractivity contribution in [3.63, 3.8) is 0 Å². The third-order valence-corrected chi connectivity index (χ3v) is 4.72. The lowest BCUT2D eigenvalue weighted by molar-refractivity contribution is -0.126. The molecule has 1 aliphatic rings. The first-order valence-electron chi connectivity index (χ1n) is 8.17. The van der Waals surface area contributed by atoms with Gasteiger partial charge in [0.2, 0.25) is 17.7 Å². The maximum atomic E-state index is 11.9. The minimum Gasteiger partial charge on any atom is -0.346 e. The number of anilines is 1. The van der Waals surface area contributed by atoms with Crippen LogP contribution in [0.4, 0.5) is 10.5 Å². The van der Waals surface area contributed by atoms with E-state index in [9.17, 15) is 19.2 Å². The molecule has 2 rings (SSSR count). The van der Waals surface area contributed by atoms with Crippen molar-refractivity contribution in [3.05, 3.63) is 29.8 Å². The normalized spacial score (nSPS) is 14.7. The summed E-state index contributed by atoms with van der Waals surface area (Å²) in [7, 11) is 0. The van der Waals surface area contributed by atoms with Gasteiger partial charge in [-0.1, -0.05) is 37.7 Å². The van der Waals surface area contributed by atoms with Gasteiger partial charge in [-0.25, -0.2) is 0 Å². The maximum absolute atomic E-state index is 11.9. The minimum atomic E-state index is -0.656. The molecule has 1 saturated heterocycles. The summed E-state index contributed by atoms with van der Waals surface area (Å²) in [5.74, 6) is -0.781. The quantitative estimate of drug-likeness (QED) is 0.619. The van der Waals surface area contributed by atoms with Crippen molar-refractivity contribution in [2.24, 2.45) is 11.7 Å². The van der Waals surface area contributed by atoms with Crippen LogP contribution in [0, 0.1) is 5.92 Å². The van der Waals surface area contributed by atoms with E-state index in [0.717, 1.165) is 17.3 Å². The molecule has 1 heterocycles. The van der Waals surface area contributed by atoms with Crippen LogP contribution in [0.2, 0.25) is 0 Å². The summed E-state index contributed by atoms with van der Waals surface area (Å²) >= 11 is 0.993. The Balaban J connectivity index is 0.00000364. The van der Waals surface area contributed by atoms with Gasteiger partial charge in [-0.15, -0.1) is 12.4 Å². The van der Waals surface area contributed by atoms with Crippen LogP contribution < -0.4 is 16.4 Å². The largest absolute Gasteiger partial charge is 0.346 e. The molecule has 0 spiro atoms. The molecule has 1 fully saturated rings. The van der Waals surface area contributed by atoms with Crippen LogP contribution in [0.5, 0.6) is 0 Å². The van der Waals surface area contributed by atoms with Crippen molar-refractivity contribution in [1.29, 1.82) is 0 Å². The molecule has 1 aromatic carbocycles. The lowest BCUT2D eigenvalue weighted by atomic mass is 10.1. The highest BCUT2D eigenvalue weighted by Gasteiger charge is 2.29. The second-order valence-corrected chi connectivity index (χ2v) is 7.19. The minimum absolute atomic E-state index is 0. The van der Waals surface area contributed by atoms with E-state index in [4.69, 9.17) is 5.73 Å². The summed E-state index contributed by atoms with van der Waals surface area (Å²) in [5, 5.41) is 4.90. The standard InChI is InChI=1S/C17H22N4O4S.ClH/c1-10(2)15(18)16(24)19-7-13(22)20-12-5-3-11(4-6-12)8-21-14(23)9-26-17(21)25;/h3-6,10,15H,7-9,18H2,1-2H3,(H,19,24)(H,20,22);1H/t15-;/m0./s1. The first kappa shape index (κ1) is 22.9. The highest BCUT2D eigenvalue weighted by Crippen LogP contribution is 2.21. The fraction of sp³-hybridized carbons (Fsp3) is 0.412. The number of imide groups is 1. The van der Waals surface area contributed by atoms with Gasteiger partial charge in [0.25, 0.3) is 5.24 Å². The first-order chi connectivity index (χ1) is 12.3. The fourth-order valence-corrected chi connectivity index (χ4v) is 2.93. The Hall–Kier alpha value is -2.10. The highest BCUT2D eigenvalue weighted by atomic mass is 35.5. The molecule has 0 aliphatic carbocycles. The Labute approximate surface area is 168 Å². The van der Waals surface area contributed by atoms with Gasteiger partial charge in [0.15, 0.2) is 0 Å². The zero-order chi connectivity index (χ0) is 19.3. The van der Waals surface area contributed by atoms with E-state index in [1.807, 2.05) is 13.8 Å². The molecule has 1 aromatic rings. The molecule has 27 heavy (non-hydrogen) atoms. The van der Waals surface area contributed by atoms with Crippen LogP contribution in [0.3, 0.4) is 0 Å². The van der Waals surface area contributed by atoms with E-state index in [2.05, 4.69) is 10.6 Å². The van der Waals surface area contributed by atoms with Crippen LogP contribution in [0.15, 0.2) is 24.3 Å². The van der Waals surface area contributed by atoms with Gasteiger partial charge in [0, 0.05) is 5.69 Å². The molecule has 0 radical (unpaired) electrons. The van der Waals surface area contributed by atoms with E-state index < -0.39 is 6.04 Å². The van der Waals surface area contributed by atoms with Crippen LogP contribution in [0.25, 0.3) is 0 Å². The Kier molecular flexibility index (Phi) is 8.74. The van der Waals surface area contributed by atoms with Crippen molar-refractivity contribution < 1.29 is 19.2 Å². The van der Waals surface area contributed by atoms with Crippen molar-refractivity contribution >= 4 is 52.8 Å². The SMILES string of the molecule is CC(C)[C@H](N)C(=O)NCC(=O)Nc1ccc(CN2C(=O)CSC2=O)cc1.Cl. The highest BCUT2D eigenvalue weighted by molar-refractivity contribution is 8.14. The maximum Gasteiger partial charge on any atom is 0.289 e. The number of hydrogen-bond acceptors (Lipinski definition) is 6. The Morgan fingerprint density at radius 2 is 1.85 bits per heavy atom. The van der Waals surface area contributed by atoms with Crippen molar-refractivity contribution in [2.75, 3.05) is 17.6 Å². The van der Waals surface area contributed by atoms with Crippen molar-refractivity contribution in [1.82, 2.24) is 10.2 Å². The smallest absolute Gasteiger partial charge is 0.289 e. The summed E-state index contributed by atoms with van der Waals surface area (Å²) in [4.78, 5) is 48.0. The van der Waals surface area contributed by atoms with Crippen molar-refractivity contribution in [3.8, 4) is 0 Å². The van der Waals surface area contributed by atoms with E-state index in [1.54, 1.807) is 24.3 Å². The third kappa shape index (κ3) is 6.53. The number of carbonyl (C=O) groups is 4. The fourth-order valence-electron chi connectivity index (χ4n) is 2.20. The molecule has 4 amide bonds. The summed E-state index contributed by atoms with van der Waals surface area (Å²) in [6.45, 7) is 3.69. The molecule has 10 heteroatoms. The molecule has 0 aromatic heterocycles. The second kappa shape index (κ2) is 10.3. The average molecular weight is 415 g/mol. The van der Waals surface area contributed by atoms with Gasteiger partial charge in [0.05, 0.1) is 24.9 Å². The number of benzene rings is 1. The number of hydrogen-bond donors (Lipinski definition) is 3. The molecular formula is C17H23ClN4O4S. The summed E-state index contributed by atoms with van der Waals surface area (Å²) in [6.07, 6.45) is 0. The zero-order valence-corrected chi connectivity index (χ0v) is 16.7. The molecule has 0 bridgehead atoms. The lowest BCUT2D eigenvalue weighted by Crippen LogP contribution is -2.46. The molecule has 0 saturated carbocycles. The number of nitrogens with one attached hydrogen (secondary N) is 2. The van der Waals surface area contributed by atoms with Crippen LogP contribution in [-0.2, 0) is 20.9 Å². The monoisotopic (exact) mass is 414 g/mol. The van der Waals surface area contributed by atoms with E-state index >= 15 is 0 Å². The van der Waals surface area contributed by atoms with Crippen LogP contribution in [0.1, 0.15) is 19.4 Å². The molecule has 148 valence electrons. The molecule has 8 nitrogen and oxygen atoms in total. The van der Waals surface area contributed by atoms with Crippen LogP contribution in [-0.4, -0.2) is 46.2 Å². The van der Waals surface area contributed by atoms with Gasteiger partial charge in [-0.3, -0.25) is 24.1 Å². The predicted octanol–water partition coefficient (Wildman–Crippen LogP) is 1.34. The molecule has 1 atom stereocenters. The van der Waals surface area contributed by atoms with E-state index in [0.29, 0.717) is 5.69 Å². The molecule has 4 N–H and O–H groups in total. The van der Waals surface area contributed by atoms with E-state index in [1.165, 1.54) is 4.90 Å². The van der Waals surface area contributed by atoms with Gasteiger partial charge >= 0.3 is 0 Å². The topological polar surface area (TPSA) is 122 Å². The first-order valence-corrected chi connectivity index (χ1v) is 9.15. The number of amides is 4. The van der Waals surface area contributed by atoms with Crippen molar-refractivity contribution in [2.45, 2.75) is 26.4 Å². The Morgan fingerprint density at radius 1 is 1.22 bits per heavy atom. The third-order valence-electron chi connectivity index (χ3n) is 3.86. The van der Waals surface area contributed by atoms with Gasteiger partial charge in [0.1, 0.15) is 0 Å². The van der Waals surface area contributed by atoms with Gasteiger partial charge in [-0.2, -0.15) is 0 Å². The Morgan fingerprint density at radius 3 is 2.37 bits per heavy atom. The summed E-state index contributed by atoms with van der Waals surface area (Å²) in [6, 6.07) is 6.15. The molecular weight excluding hydrogens is 392 g/mol. The number of rotatable bonds is 7. The number of thioether (sulfide) groups is 1. The number of halogens is 1. The number of nitrogens with two attached hydrogens (primary N) is 1. The Bertz CT molecular complexity index is 695.